The molecule has 2 aliphatic rings. The molecule has 0 bridgehead atoms. The highest BCUT2D eigenvalue weighted by Gasteiger charge is 2.34. The largest absolute Gasteiger partial charge is 0.355 e. The number of carbonyl (C=O) groups is 4. The molecule has 1 atom stereocenters. The van der Waals surface area contributed by atoms with E-state index in [1.54, 1.807) is 11.0 Å². The summed E-state index contributed by atoms with van der Waals surface area (Å²) < 4.78 is 0. The van der Waals surface area contributed by atoms with E-state index < -0.39 is 5.91 Å². The standard InChI is InChI=1S/C18H22N4O4.ClH/c1-21-17(25)13-5-4-11(9-14(13)18(21)26)16(24)22-8-2-3-12(10-22)15(23)20-7-6-19;/h4-5,9,12H,2-3,6-8,10,19H2,1H3,(H,20,23);1H. The highest BCUT2D eigenvalue weighted by Crippen LogP contribution is 2.25. The number of carbonyl (C=O) groups excluding carboxylic acids is 4. The third-order valence-electron chi connectivity index (χ3n) is 4.86. The van der Waals surface area contributed by atoms with Gasteiger partial charge in [-0.3, -0.25) is 24.1 Å². The van der Waals surface area contributed by atoms with Crippen molar-refractivity contribution in [3.8, 4) is 0 Å². The first-order valence-electron chi connectivity index (χ1n) is 8.67. The number of benzene rings is 1. The van der Waals surface area contributed by atoms with Crippen molar-refractivity contribution in [1.29, 1.82) is 0 Å². The fourth-order valence-electron chi connectivity index (χ4n) is 3.39. The molecule has 4 amide bonds. The molecule has 1 fully saturated rings. The number of imide groups is 1. The van der Waals surface area contributed by atoms with E-state index in [2.05, 4.69) is 5.32 Å². The Kier molecular flexibility index (Phi) is 6.56. The zero-order valence-electron chi connectivity index (χ0n) is 15.1. The summed E-state index contributed by atoms with van der Waals surface area (Å²) in [6.07, 6.45) is 1.46. The third-order valence-corrected chi connectivity index (χ3v) is 4.86. The number of piperidine rings is 1. The van der Waals surface area contributed by atoms with Crippen molar-refractivity contribution >= 4 is 36.0 Å². The predicted octanol–water partition coefficient (Wildman–Crippen LogP) is 0.261. The van der Waals surface area contributed by atoms with Crippen LogP contribution in [0.4, 0.5) is 0 Å². The number of hydrogen-bond acceptors (Lipinski definition) is 5. The third kappa shape index (κ3) is 3.96. The second-order valence-corrected chi connectivity index (χ2v) is 6.60. The van der Waals surface area contributed by atoms with Gasteiger partial charge in [0.05, 0.1) is 17.0 Å². The molecular formula is C18H23ClN4O4. The van der Waals surface area contributed by atoms with Crippen molar-refractivity contribution in [3.05, 3.63) is 34.9 Å². The topological polar surface area (TPSA) is 113 Å². The number of amides is 4. The van der Waals surface area contributed by atoms with Gasteiger partial charge in [-0.25, -0.2) is 0 Å². The molecule has 2 aliphatic heterocycles. The van der Waals surface area contributed by atoms with E-state index in [1.807, 2.05) is 0 Å². The van der Waals surface area contributed by atoms with Crippen molar-refractivity contribution in [2.45, 2.75) is 12.8 Å². The Labute approximate surface area is 163 Å². The Bertz CT molecular complexity index is 783. The van der Waals surface area contributed by atoms with E-state index in [4.69, 9.17) is 5.73 Å². The van der Waals surface area contributed by atoms with Crippen molar-refractivity contribution in [3.63, 3.8) is 0 Å². The van der Waals surface area contributed by atoms with Crippen molar-refractivity contribution < 1.29 is 19.2 Å². The van der Waals surface area contributed by atoms with Crippen molar-refractivity contribution in [2.24, 2.45) is 11.7 Å². The zero-order valence-corrected chi connectivity index (χ0v) is 15.9. The lowest BCUT2D eigenvalue weighted by Crippen LogP contribution is -2.46. The van der Waals surface area contributed by atoms with Gasteiger partial charge in [0.25, 0.3) is 17.7 Å². The molecule has 1 unspecified atom stereocenters. The van der Waals surface area contributed by atoms with Gasteiger partial charge < -0.3 is 16.0 Å². The smallest absolute Gasteiger partial charge is 0.261 e. The van der Waals surface area contributed by atoms with Crippen LogP contribution in [0.5, 0.6) is 0 Å². The quantitative estimate of drug-likeness (QED) is 0.711. The normalized spacial score (nSPS) is 18.8. The molecular weight excluding hydrogens is 372 g/mol. The molecule has 0 spiro atoms. The maximum atomic E-state index is 12.8. The van der Waals surface area contributed by atoms with Crippen LogP contribution in [0, 0.1) is 5.92 Å². The maximum Gasteiger partial charge on any atom is 0.261 e. The van der Waals surface area contributed by atoms with Gasteiger partial charge in [-0.1, -0.05) is 0 Å². The van der Waals surface area contributed by atoms with Crippen LogP contribution < -0.4 is 11.1 Å². The molecule has 3 rings (SSSR count). The van der Waals surface area contributed by atoms with Crippen molar-refractivity contribution in [2.75, 3.05) is 33.2 Å². The Morgan fingerprint density at radius 3 is 2.63 bits per heavy atom. The van der Waals surface area contributed by atoms with Gasteiger partial charge in [0.15, 0.2) is 0 Å². The minimum absolute atomic E-state index is 0. The molecule has 27 heavy (non-hydrogen) atoms. The Morgan fingerprint density at radius 1 is 1.22 bits per heavy atom. The van der Waals surface area contributed by atoms with Crippen LogP contribution >= 0.6 is 12.4 Å². The maximum absolute atomic E-state index is 12.8. The van der Waals surface area contributed by atoms with E-state index >= 15 is 0 Å². The Balaban J connectivity index is 0.00000261. The van der Waals surface area contributed by atoms with Gasteiger partial charge in [-0.2, -0.15) is 0 Å². The van der Waals surface area contributed by atoms with Gasteiger partial charge >= 0.3 is 0 Å². The summed E-state index contributed by atoms with van der Waals surface area (Å²) in [6.45, 7) is 1.68. The lowest BCUT2D eigenvalue weighted by Gasteiger charge is -2.32. The first-order chi connectivity index (χ1) is 12.4. The summed E-state index contributed by atoms with van der Waals surface area (Å²) in [5.41, 5.74) is 6.31. The SMILES string of the molecule is CN1C(=O)c2ccc(C(=O)N3CCCC(C(=O)NCCN)C3)cc2C1=O.Cl. The fourth-order valence-corrected chi connectivity index (χ4v) is 3.39. The zero-order chi connectivity index (χ0) is 18.8. The molecule has 1 saturated heterocycles. The van der Waals surface area contributed by atoms with Gasteiger partial charge in [0.1, 0.15) is 0 Å². The molecule has 8 nitrogen and oxygen atoms in total. The molecule has 9 heteroatoms. The van der Waals surface area contributed by atoms with Crippen LogP contribution in [-0.2, 0) is 4.79 Å². The van der Waals surface area contributed by atoms with Crippen LogP contribution in [0.15, 0.2) is 18.2 Å². The van der Waals surface area contributed by atoms with Crippen molar-refractivity contribution in [1.82, 2.24) is 15.1 Å². The van der Waals surface area contributed by atoms with Crippen LogP contribution in [0.1, 0.15) is 43.9 Å². The van der Waals surface area contributed by atoms with Crippen LogP contribution in [0.2, 0.25) is 0 Å². The number of hydrogen-bond donors (Lipinski definition) is 2. The number of rotatable bonds is 4. The van der Waals surface area contributed by atoms with Gasteiger partial charge in [0.2, 0.25) is 5.91 Å². The number of nitrogens with two attached hydrogens (primary N) is 1. The first-order valence-corrected chi connectivity index (χ1v) is 8.67. The summed E-state index contributed by atoms with van der Waals surface area (Å²) in [5, 5.41) is 2.76. The lowest BCUT2D eigenvalue weighted by atomic mass is 9.96. The molecule has 2 heterocycles. The predicted molar refractivity (Wildman–Crippen MR) is 101 cm³/mol. The molecule has 1 aromatic carbocycles. The lowest BCUT2D eigenvalue weighted by molar-refractivity contribution is -0.126. The first kappa shape index (κ1) is 20.9. The molecule has 0 aliphatic carbocycles. The van der Waals surface area contributed by atoms with Gasteiger partial charge in [0, 0.05) is 38.8 Å². The Morgan fingerprint density at radius 2 is 1.93 bits per heavy atom. The number of nitrogens with one attached hydrogen (secondary N) is 1. The van der Waals surface area contributed by atoms with Gasteiger partial charge in [-0.05, 0) is 31.0 Å². The molecule has 3 N–H and O–H groups in total. The fraction of sp³-hybridized carbons (Fsp3) is 0.444. The molecule has 0 aromatic heterocycles. The second kappa shape index (κ2) is 8.49. The summed E-state index contributed by atoms with van der Waals surface area (Å²) in [5.74, 6) is -1.36. The average molecular weight is 395 g/mol. The molecule has 0 saturated carbocycles. The minimum Gasteiger partial charge on any atom is -0.355 e. The molecule has 0 radical (unpaired) electrons. The summed E-state index contributed by atoms with van der Waals surface area (Å²) in [4.78, 5) is 51.7. The minimum atomic E-state index is -0.405. The summed E-state index contributed by atoms with van der Waals surface area (Å²) >= 11 is 0. The highest BCUT2D eigenvalue weighted by atomic mass is 35.5. The summed E-state index contributed by atoms with van der Waals surface area (Å²) in [6, 6.07) is 4.55. The van der Waals surface area contributed by atoms with Crippen LogP contribution in [0.3, 0.4) is 0 Å². The highest BCUT2D eigenvalue weighted by molar-refractivity contribution is 6.21. The van der Waals surface area contributed by atoms with E-state index in [1.165, 1.54) is 19.2 Å². The number of nitrogens with zero attached hydrogens (tertiary/aromatic N) is 2. The van der Waals surface area contributed by atoms with E-state index in [-0.39, 0.29) is 41.6 Å². The second-order valence-electron chi connectivity index (χ2n) is 6.60. The molecule has 1 aromatic rings. The van der Waals surface area contributed by atoms with Crippen LogP contribution in [-0.4, -0.2) is 66.7 Å². The van der Waals surface area contributed by atoms with E-state index in [0.29, 0.717) is 37.3 Å². The molecule has 146 valence electrons. The summed E-state index contributed by atoms with van der Waals surface area (Å²) in [7, 11) is 1.42. The van der Waals surface area contributed by atoms with E-state index in [9.17, 15) is 19.2 Å². The average Bonchev–Trinajstić information content (AvgIpc) is 2.89. The number of fused-ring (bicyclic) bond motifs is 1. The monoisotopic (exact) mass is 394 g/mol. The van der Waals surface area contributed by atoms with E-state index in [0.717, 1.165) is 17.7 Å². The number of halogens is 1. The number of likely N-dealkylation sites (tertiary alicyclic amines) is 1. The van der Waals surface area contributed by atoms with Crippen LogP contribution in [0.25, 0.3) is 0 Å². The Hall–Kier alpha value is -2.45. The van der Waals surface area contributed by atoms with Gasteiger partial charge in [-0.15, -0.1) is 12.4 Å².